The van der Waals surface area contributed by atoms with Crippen molar-refractivity contribution in [1.29, 1.82) is 0 Å². The Balaban J connectivity index is 1.41. The van der Waals surface area contributed by atoms with Crippen LogP contribution in [-0.2, 0) is 14.3 Å². The Hall–Kier alpha value is -2.70. The normalized spacial score (nSPS) is 18.2. The number of hydrogen-bond donors (Lipinski definition) is 1. The van der Waals surface area contributed by atoms with E-state index in [1.165, 1.54) is 4.90 Å². The predicted octanol–water partition coefficient (Wildman–Crippen LogP) is 2.06. The van der Waals surface area contributed by atoms with Gasteiger partial charge in [-0.2, -0.15) is 0 Å². The van der Waals surface area contributed by atoms with Crippen LogP contribution in [0.2, 0.25) is 0 Å². The van der Waals surface area contributed by atoms with Gasteiger partial charge < -0.3 is 10.1 Å². The van der Waals surface area contributed by atoms with Gasteiger partial charge in [0.2, 0.25) is 0 Å². The first kappa shape index (κ1) is 18.1. The average Bonchev–Trinajstić information content (AvgIpc) is 3.21. The largest absolute Gasteiger partial charge is 0.457 e. The van der Waals surface area contributed by atoms with Crippen molar-refractivity contribution in [3.8, 4) is 0 Å². The summed E-state index contributed by atoms with van der Waals surface area (Å²) in [6.45, 7) is -0.136. The summed E-state index contributed by atoms with van der Waals surface area (Å²) in [5.74, 6) is -0.972. The molecular formula is C19H22N2O5. The van der Waals surface area contributed by atoms with Crippen molar-refractivity contribution >= 4 is 23.7 Å². The number of amides is 3. The number of nitrogens with one attached hydrogen (secondary N) is 1. The lowest BCUT2D eigenvalue weighted by Crippen LogP contribution is -2.44. The van der Waals surface area contributed by atoms with Gasteiger partial charge in [0.15, 0.2) is 12.4 Å². The van der Waals surface area contributed by atoms with Gasteiger partial charge in [0.25, 0.3) is 5.91 Å². The Kier molecular flexibility index (Phi) is 5.35. The van der Waals surface area contributed by atoms with Crippen LogP contribution in [0.1, 0.15) is 48.9 Å². The molecule has 1 saturated carbocycles. The van der Waals surface area contributed by atoms with Crippen LogP contribution < -0.4 is 5.32 Å². The number of carbonyl (C=O) groups excluding carboxylic acids is 4. The summed E-state index contributed by atoms with van der Waals surface area (Å²) in [6.07, 6.45) is 3.58. The van der Waals surface area contributed by atoms with Gasteiger partial charge in [-0.1, -0.05) is 43.2 Å². The summed E-state index contributed by atoms with van der Waals surface area (Å²) < 4.78 is 4.98. The van der Waals surface area contributed by atoms with E-state index < -0.39 is 11.5 Å². The molecule has 0 atom stereocenters. The molecular weight excluding hydrogens is 336 g/mol. The first-order chi connectivity index (χ1) is 12.5. The van der Waals surface area contributed by atoms with E-state index in [0.717, 1.165) is 12.8 Å². The minimum atomic E-state index is -0.723. The van der Waals surface area contributed by atoms with Crippen LogP contribution in [0.15, 0.2) is 30.3 Å². The minimum Gasteiger partial charge on any atom is -0.457 e. The highest BCUT2D eigenvalue weighted by Gasteiger charge is 2.52. The third-order valence-corrected chi connectivity index (χ3v) is 4.93. The van der Waals surface area contributed by atoms with Gasteiger partial charge in [0.05, 0.1) is 0 Å². The van der Waals surface area contributed by atoms with Crippen molar-refractivity contribution in [1.82, 2.24) is 10.2 Å². The molecule has 1 spiro atoms. The highest BCUT2D eigenvalue weighted by molar-refractivity contribution is 6.07. The topological polar surface area (TPSA) is 92.8 Å². The Morgan fingerprint density at radius 2 is 1.81 bits per heavy atom. The fraction of sp³-hybridized carbons (Fsp3) is 0.474. The van der Waals surface area contributed by atoms with E-state index in [9.17, 15) is 19.2 Å². The fourth-order valence-corrected chi connectivity index (χ4v) is 3.50. The van der Waals surface area contributed by atoms with E-state index in [1.54, 1.807) is 30.3 Å². The highest BCUT2D eigenvalue weighted by Crippen LogP contribution is 2.35. The number of rotatable bonds is 7. The summed E-state index contributed by atoms with van der Waals surface area (Å²) in [6, 6.07) is 8.21. The van der Waals surface area contributed by atoms with Crippen molar-refractivity contribution in [3.63, 3.8) is 0 Å². The monoisotopic (exact) mass is 358 g/mol. The summed E-state index contributed by atoms with van der Waals surface area (Å²) in [4.78, 5) is 49.3. The Morgan fingerprint density at radius 3 is 2.50 bits per heavy atom. The molecule has 0 unspecified atom stereocenters. The van der Waals surface area contributed by atoms with E-state index in [2.05, 4.69) is 5.32 Å². The van der Waals surface area contributed by atoms with E-state index in [1.807, 2.05) is 0 Å². The first-order valence-corrected chi connectivity index (χ1v) is 8.90. The lowest BCUT2D eigenvalue weighted by Gasteiger charge is -2.19. The van der Waals surface area contributed by atoms with Crippen LogP contribution in [0.4, 0.5) is 4.79 Å². The van der Waals surface area contributed by atoms with Crippen molar-refractivity contribution in [2.45, 2.75) is 44.1 Å². The lowest BCUT2D eigenvalue weighted by molar-refractivity contribution is -0.143. The molecule has 1 aliphatic carbocycles. The summed E-state index contributed by atoms with van der Waals surface area (Å²) in [5.41, 5.74) is -0.235. The molecule has 1 aromatic rings. The van der Waals surface area contributed by atoms with Crippen LogP contribution in [-0.4, -0.2) is 47.3 Å². The number of ketones is 1. The standard InChI is InChI=1S/C19H22N2O5/c22-15(14-7-2-1-3-8-14)13-26-16(23)9-6-12-21-17(24)19(20-18(21)25)10-4-5-11-19/h1-3,7-8H,4-6,9-13H2,(H,20,25). The Labute approximate surface area is 151 Å². The Morgan fingerprint density at radius 1 is 1.12 bits per heavy atom. The number of ether oxygens (including phenoxy) is 1. The molecule has 138 valence electrons. The molecule has 1 aliphatic heterocycles. The number of Topliss-reactive ketones (excluding diaryl/α,β-unsaturated/α-hetero) is 1. The van der Waals surface area contributed by atoms with Crippen LogP contribution in [0.25, 0.3) is 0 Å². The molecule has 3 rings (SSSR count). The maximum Gasteiger partial charge on any atom is 0.325 e. The number of carbonyl (C=O) groups is 4. The first-order valence-electron chi connectivity index (χ1n) is 8.90. The SMILES string of the molecule is O=C(CCCN1C(=O)NC2(CCCC2)C1=O)OCC(=O)c1ccccc1. The molecule has 0 aromatic heterocycles. The molecule has 1 heterocycles. The molecule has 1 saturated heterocycles. The molecule has 2 aliphatic rings. The van der Waals surface area contributed by atoms with Gasteiger partial charge in [0.1, 0.15) is 5.54 Å². The quantitative estimate of drug-likeness (QED) is 0.457. The zero-order valence-electron chi connectivity index (χ0n) is 14.5. The summed E-state index contributed by atoms with van der Waals surface area (Å²) >= 11 is 0. The van der Waals surface area contributed by atoms with Gasteiger partial charge in [0, 0.05) is 18.5 Å². The molecule has 1 aromatic carbocycles. The van der Waals surface area contributed by atoms with Gasteiger partial charge >= 0.3 is 12.0 Å². The molecule has 0 radical (unpaired) electrons. The second-order valence-electron chi connectivity index (χ2n) is 6.73. The number of imide groups is 1. The molecule has 7 heteroatoms. The number of esters is 1. The van der Waals surface area contributed by atoms with Crippen LogP contribution in [0.5, 0.6) is 0 Å². The predicted molar refractivity (Wildman–Crippen MR) is 92.4 cm³/mol. The molecule has 7 nitrogen and oxygen atoms in total. The smallest absolute Gasteiger partial charge is 0.325 e. The van der Waals surface area contributed by atoms with Gasteiger partial charge in [-0.15, -0.1) is 0 Å². The zero-order valence-corrected chi connectivity index (χ0v) is 14.5. The van der Waals surface area contributed by atoms with Crippen LogP contribution in [0.3, 0.4) is 0 Å². The van der Waals surface area contributed by atoms with E-state index in [4.69, 9.17) is 4.74 Å². The minimum absolute atomic E-state index is 0.0477. The van der Waals surface area contributed by atoms with E-state index in [-0.39, 0.29) is 37.3 Å². The molecule has 1 N–H and O–H groups in total. The number of benzene rings is 1. The van der Waals surface area contributed by atoms with Crippen molar-refractivity contribution in [3.05, 3.63) is 35.9 Å². The summed E-state index contributed by atoms with van der Waals surface area (Å²) in [7, 11) is 0. The second kappa shape index (κ2) is 7.68. The fourth-order valence-electron chi connectivity index (χ4n) is 3.50. The highest BCUT2D eigenvalue weighted by atomic mass is 16.5. The van der Waals surface area contributed by atoms with Gasteiger partial charge in [-0.3, -0.25) is 19.3 Å². The third-order valence-electron chi connectivity index (χ3n) is 4.93. The van der Waals surface area contributed by atoms with Crippen molar-refractivity contribution < 1.29 is 23.9 Å². The zero-order chi connectivity index (χ0) is 18.6. The van der Waals surface area contributed by atoms with Crippen LogP contribution >= 0.6 is 0 Å². The Bertz CT molecular complexity index is 710. The second-order valence-corrected chi connectivity index (χ2v) is 6.73. The molecule has 26 heavy (non-hydrogen) atoms. The summed E-state index contributed by atoms with van der Waals surface area (Å²) in [5, 5.41) is 2.80. The molecule has 3 amide bonds. The lowest BCUT2D eigenvalue weighted by atomic mass is 9.98. The van der Waals surface area contributed by atoms with Gasteiger partial charge in [-0.25, -0.2) is 4.79 Å². The molecule has 2 fully saturated rings. The van der Waals surface area contributed by atoms with Crippen molar-refractivity contribution in [2.75, 3.05) is 13.2 Å². The van der Waals surface area contributed by atoms with Crippen molar-refractivity contribution in [2.24, 2.45) is 0 Å². The average molecular weight is 358 g/mol. The maximum atomic E-state index is 12.5. The maximum absolute atomic E-state index is 12.5. The van der Waals surface area contributed by atoms with E-state index in [0.29, 0.717) is 24.8 Å². The van der Waals surface area contributed by atoms with E-state index >= 15 is 0 Å². The number of hydrogen-bond acceptors (Lipinski definition) is 5. The van der Waals surface area contributed by atoms with Crippen LogP contribution in [0, 0.1) is 0 Å². The third kappa shape index (κ3) is 3.76. The number of nitrogens with zero attached hydrogens (tertiary/aromatic N) is 1. The van der Waals surface area contributed by atoms with Gasteiger partial charge in [-0.05, 0) is 19.3 Å². The molecule has 0 bridgehead atoms. The number of urea groups is 1.